The summed E-state index contributed by atoms with van der Waals surface area (Å²) in [5, 5.41) is 4.35. The van der Waals surface area contributed by atoms with E-state index in [1.54, 1.807) is 26.4 Å². The fourth-order valence-corrected chi connectivity index (χ4v) is 4.62. The number of nitrogens with one attached hydrogen (secondary N) is 2. The van der Waals surface area contributed by atoms with E-state index in [-0.39, 0.29) is 12.5 Å². The molecule has 2 N–H and O–H groups in total. The Hall–Kier alpha value is -5.18. The van der Waals surface area contributed by atoms with Crippen molar-refractivity contribution in [3.05, 3.63) is 132 Å². The highest BCUT2D eigenvalue weighted by Gasteiger charge is 2.17. The lowest BCUT2D eigenvalue weighted by Crippen LogP contribution is -2.27. The summed E-state index contributed by atoms with van der Waals surface area (Å²) in [4.78, 5) is 23.1. The number of hydrogen-bond donors (Lipinski definition) is 2. The Bertz CT molecular complexity index is 1740. The van der Waals surface area contributed by atoms with Crippen LogP contribution in [0.4, 0.5) is 8.78 Å². The zero-order chi connectivity index (χ0) is 29.8. The molecular formula is C33H31F2N5O2. The number of aromatic amines is 1. The van der Waals surface area contributed by atoms with Crippen LogP contribution in [0, 0.1) is 11.6 Å². The number of hydrogen-bond acceptors (Lipinski definition) is 5. The molecule has 1 aliphatic heterocycles. The number of pyridine rings is 1. The number of halogens is 2. The van der Waals surface area contributed by atoms with E-state index in [1.807, 2.05) is 53.7 Å². The molecule has 2 aromatic heterocycles. The Morgan fingerprint density at radius 2 is 1.95 bits per heavy atom. The summed E-state index contributed by atoms with van der Waals surface area (Å²) in [7, 11) is 3.37. The van der Waals surface area contributed by atoms with E-state index in [4.69, 9.17) is 4.74 Å². The van der Waals surface area contributed by atoms with Gasteiger partial charge in [-0.2, -0.15) is 0 Å². The summed E-state index contributed by atoms with van der Waals surface area (Å²) in [5.74, 6) is -1.35. The minimum absolute atomic E-state index is 0.0850. The molecule has 0 saturated heterocycles. The van der Waals surface area contributed by atoms with Gasteiger partial charge < -0.3 is 24.8 Å². The van der Waals surface area contributed by atoms with E-state index in [9.17, 15) is 13.6 Å². The van der Waals surface area contributed by atoms with Crippen molar-refractivity contribution in [2.45, 2.75) is 13.1 Å². The fourth-order valence-electron chi connectivity index (χ4n) is 4.62. The number of benzene rings is 2. The van der Waals surface area contributed by atoms with Crippen molar-refractivity contribution in [1.82, 2.24) is 25.1 Å². The van der Waals surface area contributed by atoms with Gasteiger partial charge in [0.1, 0.15) is 11.4 Å². The second-order valence-corrected chi connectivity index (χ2v) is 10.1. The van der Waals surface area contributed by atoms with Crippen LogP contribution >= 0.6 is 0 Å². The number of nitrogens with zero attached hydrogens (tertiary/aromatic N) is 3. The molecule has 0 aliphatic carbocycles. The van der Waals surface area contributed by atoms with Crippen molar-refractivity contribution in [3.63, 3.8) is 0 Å². The van der Waals surface area contributed by atoms with Crippen LogP contribution < -0.4 is 10.1 Å². The molecule has 0 saturated carbocycles. The first kappa shape index (κ1) is 28.4. The first-order valence-electron chi connectivity index (χ1n) is 13.3. The second-order valence-electron chi connectivity index (χ2n) is 10.1. The summed E-state index contributed by atoms with van der Waals surface area (Å²) >= 11 is 0. The maximum atomic E-state index is 13.7. The van der Waals surface area contributed by atoms with E-state index >= 15 is 0 Å². The van der Waals surface area contributed by atoms with Gasteiger partial charge in [-0.25, -0.2) is 13.8 Å². The van der Waals surface area contributed by atoms with Crippen LogP contribution in [0.2, 0.25) is 0 Å². The van der Waals surface area contributed by atoms with E-state index < -0.39 is 11.6 Å². The molecule has 0 radical (unpaired) electrons. The molecule has 42 heavy (non-hydrogen) atoms. The second kappa shape index (κ2) is 12.1. The van der Waals surface area contributed by atoms with Crippen molar-refractivity contribution in [2.24, 2.45) is 0 Å². The summed E-state index contributed by atoms with van der Waals surface area (Å²) in [6.45, 7) is 9.09. The van der Waals surface area contributed by atoms with Crippen molar-refractivity contribution in [1.29, 1.82) is 0 Å². The van der Waals surface area contributed by atoms with Crippen LogP contribution in [-0.2, 0) is 17.9 Å². The molecular weight excluding hydrogens is 536 g/mol. The highest BCUT2D eigenvalue weighted by atomic mass is 19.2. The van der Waals surface area contributed by atoms with E-state index in [0.717, 1.165) is 39.4 Å². The molecule has 214 valence electrons. The van der Waals surface area contributed by atoms with Gasteiger partial charge in [-0.3, -0.25) is 4.79 Å². The number of rotatable bonds is 10. The zero-order valence-corrected chi connectivity index (χ0v) is 23.5. The average molecular weight is 568 g/mol. The monoisotopic (exact) mass is 567 g/mol. The molecule has 2 aromatic carbocycles. The van der Waals surface area contributed by atoms with Crippen LogP contribution in [0.3, 0.4) is 0 Å². The molecule has 3 heterocycles. The first-order valence-corrected chi connectivity index (χ1v) is 13.3. The first-order chi connectivity index (χ1) is 20.2. The number of amides is 1. The standard InChI is InChI=1S/C33H31F2N5O2/c1-21(27-8-6-12-40(22(27)2)19-23-9-10-30(34)31(35)15-23)37-17-24-13-25(16-26(14-24)42-20-32(41)39(3)4)29-18-38-33-28(29)7-5-11-36-33/h5-16,18,37H,1-2,17,19-20H2,3-4H3,(H,36,38). The number of H-pyrrole nitrogens is 1. The lowest BCUT2D eigenvalue weighted by molar-refractivity contribution is -0.130. The van der Waals surface area contributed by atoms with Crippen LogP contribution in [0.1, 0.15) is 11.1 Å². The van der Waals surface area contributed by atoms with Gasteiger partial charge in [0.15, 0.2) is 18.2 Å². The number of carbonyl (C=O) groups is 1. The Morgan fingerprint density at radius 3 is 2.74 bits per heavy atom. The number of likely N-dealkylation sites (N-methyl/N-ethyl adjacent to an activating group) is 1. The molecule has 7 nitrogen and oxygen atoms in total. The third-order valence-corrected chi connectivity index (χ3v) is 6.94. The van der Waals surface area contributed by atoms with Gasteiger partial charge in [-0.15, -0.1) is 0 Å². The van der Waals surface area contributed by atoms with Crippen molar-refractivity contribution >= 4 is 16.9 Å². The molecule has 5 rings (SSSR count). The fraction of sp³-hybridized carbons (Fsp3) is 0.152. The maximum absolute atomic E-state index is 13.7. The maximum Gasteiger partial charge on any atom is 0.259 e. The SMILES string of the molecule is C=C(NCc1cc(OCC(=O)N(C)C)cc(-c2c[nH]c3ncccc23)c1)C1=CC=CN(Cc2ccc(F)c(F)c2)C1=C. The summed E-state index contributed by atoms with van der Waals surface area (Å²) in [6, 6.07) is 13.6. The number of allylic oxidation sites excluding steroid dienone is 2. The average Bonchev–Trinajstić information content (AvgIpc) is 3.42. The van der Waals surface area contributed by atoms with Gasteiger partial charge in [0, 0.05) is 73.7 Å². The molecule has 0 fully saturated rings. The third-order valence-electron chi connectivity index (χ3n) is 6.94. The van der Waals surface area contributed by atoms with Gasteiger partial charge in [0.05, 0.1) is 0 Å². The summed E-state index contributed by atoms with van der Waals surface area (Å²) in [5.41, 5.74) is 6.28. The predicted octanol–water partition coefficient (Wildman–Crippen LogP) is 6.05. The zero-order valence-electron chi connectivity index (χ0n) is 23.5. The lowest BCUT2D eigenvalue weighted by Gasteiger charge is -2.28. The highest BCUT2D eigenvalue weighted by molar-refractivity contribution is 5.93. The molecule has 0 spiro atoms. The van der Waals surface area contributed by atoms with Gasteiger partial charge in [-0.05, 0) is 71.3 Å². The van der Waals surface area contributed by atoms with Gasteiger partial charge in [0.25, 0.3) is 5.91 Å². The third kappa shape index (κ3) is 6.25. The number of aromatic nitrogens is 2. The van der Waals surface area contributed by atoms with Crippen LogP contribution in [0.25, 0.3) is 22.2 Å². The Balaban J connectivity index is 1.33. The van der Waals surface area contributed by atoms with Crippen molar-refractivity contribution in [2.75, 3.05) is 20.7 Å². The molecule has 0 unspecified atom stereocenters. The Kier molecular flexibility index (Phi) is 8.19. The molecule has 0 bridgehead atoms. The van der Waals surface area contributed by atoms with Gasteiger partial charge >= 0.3 is 0 Å². The smallest absolute Gasteiger partial charge is 0.259 e. The molecule has 0 atom stereocenters. The van der Waals surface area contributed by atoms with Crippen molar-refractivity contribution in [3.8, 4) is 16.9 Å². The van der Waals surface area contributed by atoms with Crippen LogP contribution in [-0.4, -0.2) is 46.4 Å². The van der Waals surface area contributed by atoms with E-state index in [2.05, 4.69) is 34.5 Å². The minimum atomic E-state index is -0.887. The molecule has 1 aliphatic rings. The van der Waals surface area contributed by atoms with E-state index in [0.29, 0.717) is 35.8 Å². The normalized spacial score (nSPS) is 12.8. The van der Waals surface area contributed by atoms with Crippen LogP contribution in [0.5, 0.6) is 5.75 Å². The highest BCUT2D eigenvalue weighted by Crippen LogP contribution is 2.32. The predicted molar refractivity (Wildman–Crippen MR) is 160 cm³/mol. The molecule has 9 heteroatoms. The van der Waals surface area contributed by atoms with Crippen molar-refractivity contribution < 1.29 is 18.3 Å². The van der Waals surface area contributed by atoms with E-state index in [1.165, 1.54) is 11.0 Å². The topological polar surface area (TPSA) is 73.5 Å². The molecule has 1 amide bonds. The Labute approximate surface area is 243 Å². The number of ether oxygens (including phenoxy) is 1. The van der Waals surface area contributed by atoms with Gasteiger partial charge in [-0.1, -0.05) is 19.2 Å². The summed E-state index contributed by atoms with van der Waals surface area (Å²) < 4.78 is 33.0. The summed E-state index contributed by atoms with van der Waals surface area (Å²) in [6.07, 6.45) is 9.23. The minimum Gasteiger partial charge on any atom is -0.484 e. The van der Waals surface area contributed by atoms with Crippen LogP contribution in [0.15, 0.2) is 109 Å². The largest absolute Gasteiger partial charge is 0.484 e. The Morgan fingerprint density at radius 1 is 1.12 bits per heavy atom. The number of carbonyl (C=O) groups excluding carboxylic acids is 1. The van der Waals surface area contributed by atoms with Gasteiger partial charge in [0.2, 0.25) is 0 Å². The lowest BCUT2D eigenvalue weighted by atomic mass is 10.0. The quantitative estimate of drug-likeness (QED) is 0.244. The molecule has 4 aromatic rings. The number of fused-ring (bicyclic) bond motifs is 1.